The summed E-state index contributed by atoms with van der Waals surface area (Å²) in [7, 11) is 1.57. The Morgan fingerprint density at radius 1 is 0.815 bits per heavy atom. The Bertz CT molecular complexity index is 922. The van der Waals surface area contributed by atoms with Gasteiger partial charge in [-0.2, -0.15) is 0 Å². The van der Waals surface area contributed by atoms with E-state index in [-0.39, 0.29) is 11.8 Å². The molecule has 136 valence electrons. The highest BCUT2D eigenvalue weighted by Gasteiger charge is 2.08. The Morgan fingerprint density at radius 2 is 1.56 bits per heavy atom. The number of ether oxygens (including phenoxy) is 1. The van der Waals surface area contributed by atoms with Crippen molar-refractivity contribution in [2.45, 2.75) is 6.61 Å². The summed E-state index contributed by atoms with van der Waals surface area (Å²) < 4.78 is 5.70. The maximum Gasteiger partial charge on any atom is 0.255 e. The van der Waals surface area contributed by atoms with Crippen LogP contribution in [0.1, 0.15) is 26.3 Å². The van der Waals surface area contributed by atoms with Crippen LogP contribution in [-0.4, -0.2) is 18.9 Å². The predicted octanol–water partition coefficient (Wildman–Crippen LogP) is 3.88. The molecule has 5 nitrogen and oxygen atoms in total. The number of carbonyl (C=O) groups excluding carboxylic acids is 2. The largest absolute Gasteiger partial charge is 0.489 e. The van der Waals surface area contributed by atoms with E-state index in [1.807, 2.05) is 42.5 Å². The zero-order valence-electron chi connectivity index (χ0n) is 14.9. The van der Waals surface area contributed by atoms with E-state index in [9.17, 15) is 9.59 Å². The van der Waals surface area contributed by atoms with Gasteiger partial charge in [-0.05, 0) is 48.0 Å². The molecule has 2 amide bonds. The first-order chi connectivity index (χ1) is 13.2. The number of benzene rings is 3. The zero-order valence-corrected chi connectivity index (χ0v) is 14.9. The second-order valence-corrected chi connectivity index (χ2v) is 5.91. The fourth-order valence-corrected chi connectivity index (χ4v) is 2.52. The fraction of sp³-hybridized carbons (Fsp3) is 0.0909. The number of amides is 2. The van der Waals surface area contributed by atoms with Crippen LogP contribution in [0.15, 0.2) is 78.9 Å². The van der Waals surface area contributed by atoms with Crippen LogP contribution in [0.25, 0.3) is 0 Å². The molecule has 0 saturated carbocycles. The molecule has 5 heteroatoms. The van der Waals surface area contributed by atoms with Crippen LogP contribution in [-0.2, 0) is 6.61 Å². The summed E-state index contributed by atoms with van der Waals surface area (Å²) in [5, 5.41) is 5.36. The van der Waals surface area contributed by atoms with Gasteiger partial charge in [0.15, 0.2) is 0 Å². The highest BCUT2D eigenvalue weighted by atomic mass is 16.5. The molecule has 0 bridgehead atoms. The van der Waals surface area contributed by atoms with E-state index in [1.54, 1.807) is 43.4 Å². The summed E-state index contributed by atoms with van der Waals surface area (Å²) in [5.41, 5.74) is 2.56. The van der Waals surface area contributed by atoms with Gasteiger partial charge >= 0.3 is 0 Å². The Balaban J connectivity index is 1.61. The van der Waals surface area contributed by atoms with E-state index in [2.05, 4.69) is 10.6 Å². The molecule has 0 heterocycles. The normalized spacial score (nSPS) is 10.1. The monoisotopic (exact) mass is 360 g/mol. The van der Waals surface area contributed by atoms with Crippen molar-refractivity contribution in [3.05, 3.63) is 95.6 Å². The molecule has 3 aromatic carbocycles. The smallest absolute Gasteiger partial charge is 0.255 e. The van der Waals surface area contributed by atoms with Gasteiger partial charge in [-0.25, -0.2) is 0 Å². The molecule has 0 aliphatic heterocycles. The number of para-hydroxylation sites is 1. The van der Waals surface area contributed by atoms with Crippen molar-refractivity contribution in [1.82, 2.24) is 5.32 Å². The molecule has 3 aromatic rings. The van der Waals surface area contributed by atoms with E-state index in [0.717, 1.165) is 11.3 Å². The summed E-state index contributed by atoms with van der Waals surface area (Å²) in [6.45, 7) is 0.431. The van der Waals surface area contributed by atoms with Crippen molar-refractivity contribution < 1.29 is 14.3 Å². The van der Waals surface area contributed by atoms with Crippen LogP contribution in [0, 0.1) is 0 Å². The number of hydrogen-bond donors (Lipinski definition) is 2. The summed E-state index contributed by atoms with van der Waals surface area (Å²) in [6.07, 6.45) is 0. The second kappa shape index (κ2) is 8.67. The van der Waals surface area contributed by atoms with Gasteiger partial charge in [0.1, 0.15) is 12.4 Å². The molecule has 0 fully saturated rings. The minimum absolute atomic E-state index is 0.200. The minimum atomic E-state index is -0.236. The van der Waals surface area contributed by atoms with E-state index in [0.29, 0.717) is 23.4 Å². The first-order valence-corrected chi connectivity index (χ1v) is 8.56. The number of anilines is 1. The molecular weight excluding hydrogens is 340 g/mol. The maximum absolute atomic E-state index is 12.4. The molecule has 2 N–H and O–H groups in total. The van der Waals surface area contributed by atoms with Gasteiger partial charge in [-0.1, -0.05) is 36.4 Å². The van der Waals surface area contributed by atoms with Gasteiger partial charge in [0.2, 0.25) is 0 Å². The molecule has 0 aromatic heterocycles. The lowest BCUT2D eigenvalue weighted by atomic mass is 10.1. The van der Waals surface area contributed by atoms with Crippen LogP contribution in [0.2, 0.25) is 0 Å². The van der Waals surface area contributed by atoms with Crippen molar-refractivity contribution in [3.63, 3.8) is 0 Å². The number of carbonyl (C=O) groups is 2. The summed E-state index contributed by atoms with van der Waals surface area (Å²) in [4.78, 5) is 24.1. The van der Waals surface area contributed by atoms with Gasteiger partial charge in [0, 0.05) is 23.9 Å². The van der Waals surface area contributed by atoms with E-state index in [4.69, 9.17) is 4.74 Å². The third-order valence-electron chi connectivity index (χ3n) is 3.97. The number of nitrogens with one attached hydrogen (secondary N) is 2. The van der Waals surface area contributed by atoms with Crippen LogP contribution in [0.3, 0.4) is 0 Å². The third-order valence-corrected chi connectivity index (χ3v) is 3.97. The first kappa shape index (κ1) is 18.2. The molecule has 0 radical (unpaired) electrons. The molecule has 0 unspecified atom stereocenters. The number of hydrogen-bond acceptors (Lipinski definition) is 3. The maximum atomic E-state index is 12.4. The Hall–Kier alpha value is -3.60. The lowest BCUT2D eigenvalue weighted by Crippen LogP contribution is -2.18. The van der Waals surface area contributed by atoms with Crippen molar-refractivity contribution in [3.8, 4) is 5.75 Å². The average molecular weight is 360 g/mol. The zero-order chi connectivity index (χ0) is 19.1. The predicted molar refractivity (Wildman–Crippen MR) is 105 cm³/mol. The van der Waals surface area contributed by atoms with Crippen molar-refractivity contribution in [1.29, 1.82) is 0 Å². The second-order valence-electron chi connectivity index (χ2n) is 5.91. The van der Waals surface area contributed by atoms with Gasteiger partial charge < -0.3 is 15.4 Å². The Kier molecular flexibility index (Phi) is 5.84. The quantitative estimate of drug-likeness (QED) is 0.701. The summed E-state index contributed by atoms with van der Waals surface area (Å²) in [5.74, 6) is 0.365. The molecular formula is C22H20N2O3. The van der Waals surface area contributed by atoms with Gasteiger partial charge in [0.05, 0.1) is 0 Å². The Morgan fingerprint density at radius 3 is 2.26 bits per heavy atom. The SMILES string of the molecule is CNC(=O)c1cccc(NC(=O)c2ccc(COc3ccccc3)cc2)c1. The molecule has 3 rings (SSSR count). The summed E-state index contributed by atoms with van der Waals surface area (Å²) in [6, 6.07) is 23.6. The van der Waals surface area contributed by atoms with Gasteiger partial charge in [-0.3, -0.25) is 9.59 Å². The van der Waals surface area contributed by atoms with Crippen LogP contribution in [0.4, 0.5) is 5.69 Å². The molecule has 27 heavy (non-hydrogen) atoms. The van der Waals surface area contributed by atoms with E-state index < -0.39 is 0 Å². The van der Waals surface area contributed by atoms with Crippen molar-refractivity contribution in [2.75, 3.05) is 12.4 Å². The lowest BCUT2D eigenvalue weighted by Gasteiger charge is -2.09. The van der Waals surface area contributed by atoms with Crippen LogP contribution < -0.4 is 15.4 Å². The topological polar surface area (TPSA) is 67.4 Å². The van der Waals surface area contributed by atoms with Crippen molar-refractivity contribution >= 4 is 17.5 Å². The molecule has 0 aliphatic carbocycles. The Labute approximate surface area is 158 Å². The number of rotatable bonds is 6. The molecule has 0 saturated heterocycles. The molecule has 0 spiro atoms. The molecule has 0 atom stereocenters. The van der Waals surface area contributed by atoms with Crippen molar-refractivity contribution in [2.24, 2.45) is 0 Å². The fourth-order valence-electron chi connectivity index (χ4n) is 2.52. The highest BCUT2D eigenvalue weighted by Crippen LogP contribution is 2.15. The lowest BCUT2D eigenvalue weighted by molar-refractivity contribution is 0.0961. The van der Waals surface area contributed by atoms with Gasteiger partial charge in [0.25, 0.3) is 11.8 Å². The standard InChI is InChI=1S/C22H20N2O3/c1-23-21(25)18-6-5-7-19(14-18)24-22(26)17-12-10-16(11-13-17)15-27-20-8-3-2-4-9-20/h2-14H,15H2,1H3,(H,23,25)(H,24,26). The van der Waals surface area contributed by atoms with Gasteiger partial charge in [-0.15, -0.1) is 0 Å². The first-order valence-electron chi connectivity index (χ1n) is 8.56. The molecule has 0 aliphatic rings. The highest BCUT2D eigenvalue weighted by molar-refractivity contribution is 6.05. The average Bonchev–Trinajstić information content (AvgIpc) is 2.73. The van der Waals surface area contributed by atoms with Crippen LogP contribution in [0.5, 0.6) is 5.75 Å². The van der Waals surface area contributed by atoms with E-state index in [1.165, 1.54) is 0 Å². The minimum Gasteiger partial charge on any atom is -0.489 e. The van der Waals surface area contributed by atoms with Crippen LogP contribution >= 0.6 is 0 Å². The van der Waals surface area contributed by atoms with E-state index >= 15 is 0 Å². The summed E-state index contributed by atoms with van der Waals surface area (Å²) >= 11 is 0. The third kappa shape index (κ3) is 4.95.